The Labute approximate surface area is 173 Å². The molecule has 0 bridgehead atoms. The minimum Gasteiger partial charge on any atom is -0.193 e. The highest BCUT2D eigenvalue weighted by atomic mass is 14.3. The molecule has 152 valence electrons. The summed E-state index contributed by atoms with van der Waals surface area (Å²) in [5, 5.41) is 9.64. The van der Waals surface area contributed by atoms with Crippen LogP contribution in [0.25, 0.3) is 0 Å². The normalized spacial score (nSPS) is 27.8. The van der Waals surface area contributed by atoms with Crippen LogP contribution in [0.3, 0.4) is 0 Å². The third-order valence-electron chi connectivity index (χ3n) is 7.31. The quantitative estimate of drug-likeness (QED) is 0.418. The lowest BCUT2D eigenvalue weighted by Crippen LogP contribution is -2.14. The Morgan fingerprint density at radius 2 is 1.54 bits per heavy atom. The second-order valence-corrected chi connectivity index (χ2v) is 9.28. The molecule has 0 heterocycles. The minimum atomic E-state index is 0.436. The number of rotatable bonds is 8. The maximum absolute atomic E-state index is 9.64. The molecule has 0 amide bonds. The van der Waals surface area contributed by atoms with Gasteiger partial charge >= 0.3 is 0 Å². The molecule has 2 atom stereocenters. The molecule has 0 aromatic heterocycles. The zero-order valence-corrected chi connectivity index (χ0v) is 18.1. The van der Waals surface area contributed by atoms with E-state index in [-0.39, 0.29) is 0 Å². The van der Waals surface area contributed by atoms with E-state index in [0.717, 1.165) is 17.4 Å². The van der Waals surface area contributed by atoms with Crippen LogP contribution >= 0.6 is 0 Å². The topological polar surface area (TPSA) is 23.8 Å². The van der Waals surface area contributed by atoms with Gasteiger partial charge in [0.1, 0.15) is 0 Å². The maximum Gasteiger partial charge on any atom is 0.0946 e. The second-order valence-electron chi connectivity index (χ2n) is 9.28. The lowest BCUT2D eigenvalue weighted by molar-refractivity contribution is 0.308. The van der Waals surface area contributed by atoms with Crippen LogP contribution in [0.15, 0.2) is 35.9 Å². The third-order valence-corrected chi connectivity index (χ3v) is 7.31. The summed E-state index contributed by atoms with van der Waals surface area (Å²) < 4.78 is 0. The van der Waals surface area contributed by atoms with Crippen LogP contribution in [0.2, 0.25) is 0 Å². The van der Waals surface area contributed by atoms with Crippen molar-refractivity contribution in [2.75, 3.05) is 0 Å². The van der Waals surface area contributed by atoms with Gasteiger partial charge in [-0.3, -0.25) is 0 Å². The van der Waals surface area contributed by atoms with E-state index >= 15 is 0 Å². The van der Waals surface area contributed by atoms with Crippen LogP contribution in [-0.2, 0) is 0 Å². The Balaban J connectivity index is 1.59. The fourth-order valence-electron chi connectivity index (χ4n) is 5.51. The summed E-state index contributed by atoms with van der Waals surface area (Å²) in [4.78, 5) is 0. The van der Waals surface area contributed by atoms with Crippen molar-refractivity contribution in [2.24, 2.45) is 11.8 Å². The summed E-state index contributed by atoms with van der Waals surface area (Å²) in [5.74, 6) is 2.68. The summed E-state index contributed by atoms with van der Waals surface area (Å²) in [6.45, 7) is 4.56. The van der Waals surface area contributed by atoms with Gasteiger partial charge in [-0.1, -0.05) is 76.3 Å². The molecule has 1 saturated carbocycles. The zero-order chi connectivity index (χ0) is 19.8. The van der Waals surface area contributed by atoms with Crippen LogP contribution < -0.4 is 0 Å². The first-order valence-electron chi connectivity index (χ1n) is 12.0. The van der Waals surface area contributed by atoms with E-state index in [2.05, 4.69) is 50.3 Å². The van der Waals surface area contributed by atoms with E-state index in [0.29, 0.717) is 11.8 Å². The highest BCUT2D eigenvalue weighted by molar-refractivity contribution is 5.36. The van der Waals surface area contributed by atoms with Crippen molar-refractivity contribution in [1.82, 2.24) is 0 Å². The van der Waals surface area contributed by atoms with E-state index in [1.165, 1.54) is 88.2 Å². The summed E-state index contributed by atoms with van der Waals surface area (Å²) in [6, 6.07) is 12.0. The van der Waals surface area contributed by atoms with E-state index in [4.69, 9.17) is 0 Å². The molecule has 1 nitrogen and oxygen atoms in total. The molecule has 1 aromatic carbocycles. The van der Waals surface area contributed by atoms with Crippen molar-refractivity contribution in [2.45, 2.75) is 103 Å². The Bertz CT molecular complexity index is 654. The summed E-state index contributed by atoms with van der Waals surface area (Å²) in [7, 11) is 0. The smallest absolute Gasteiger partial charge is 0.0946 e. The molecule has 0 radical (unpaired) electrons. The van der Waals surface area contributed by atoms with Gasteiger partial charge in [0, 0.05) is 11.5 Å². The first kappa shape index (κ1) is 21.2. The molecule has 1 aromatic rings. The fourth-order valence-corrected chi connectivity index (χ4v) is 5.51. The van der Waals surface area contributed by atoms with Gasteiger partial charge in [0.05, 0.1) is 6.07 Å². The first-order valence-corrected chi connectivity index (χ1v) is 12.0. The number of unbranched alkanes of at least 4 members (excludes halogenated alkanes) is 2. The predicted molar refractivity (Wildman–Crippen MR) is 119 cm³/mol. The predicted octanol–water partition coefficient (Wildman–Crippen LogP) is 8.28. The highest BCUT2D eigenvalue weighted by Crippen LogP contribution is 2.40. The number of benzene rings is 1. The van der Waals surface area contributed by atoms with Crippen molar-refractivity contribution < 1.29 is 0 Å². The molecule has 2 aliphatic carbocycles. The Hall–Kier alpha value is -1.55. The van der Waals surface area contributed by atoms with E-state index < -0.39 is 0 Å². The molecule has 1 fully saturated rings. The first-order chi connectivity index (χ1) is 13.7. The number of hydrogen-bond donors (Lipinski definition) is 0. The van der Waals surface area contributed by atoms with E-state index in [9.17, 15) is 5.26 Å². The molecule has 0 spiro atoms. The van der Waals surface area contributed by atoms with Crippen LogP contribution in [0.1, 0.15) is 114 Å². The van der Waals surface area contributed by atoms with Gasteiger partial charge in [-0.05, 0) is 73.8 Å². The molecule has 0 N–H and O–H groups in total. The number of allylic oxidation sites excluding steroid dienone is 2. The van der Waals surface area contributed by atoms with Gasteiger partial charge in [0.2, 0.25) is 0 Å². The third kappa shape index (κ3) is 5.50. The van der Waals surface area contributed by atoms with Gasteiger partial charge in [-0.15, -0.1) is 0 Å². The van der Waals surface area contributed by atoms with Crippen LogP contribution in [0.5, 0.6) is 0 Å². The van der Waals surface area contributed by atoms with Gasteiger partial charge in [0.15, 0.2) is 0 Å². The molecule has 3 rings (SSSR count). The molecule has 2 aliphatic rings. The average molecular weight is 378 g/mol. The number of hydrogen-bond acceptors (Lipinski definition) is 1. The average Bonchev–Trinajstić information content (AvgIpc) is 2.75. The van der Waals surface area contributed by atoms with Crippen molar-refractivity contribution in [3.63, 3.8) is 0 Å². The summed E-state index contributed by atoms with van der Waals surface area (Å²) >= 11 is 0. The molecule has 2 unspecified atom stereocenters. The maximum atomic E-state index is 9.64. The van der Waals surface area contributed by atoms with Crippen LogP contribution in [0, 0.1) is 23.2 Å². The van der Waals surface area contributed by atoms with Crippen molar-refractivity contribution in [1.29, 1.82) is 5.26 Å². The van der Waals surface area contributed by atoms with Crippen molar-refractivity contribution in [3.8, 4) is 6.07 Å². The van der Waals surface area contributed by atoms with Crippen molar-refractivity contribution >= 4 is 0 Å². The van der Waals surface area contributed by atoms with Gasteiger partial charge in [0.25, 0.3) is 0 Å². The minimum absolute atomic E-state index is 0.436. The largest absolute Gasteiger partial charge is 0.193 e. The van der Waals surface area contributed by atoms with E-state index in [1.807, 2.05) is 0 Å². The van der Waals surface area contributed by atoms with E-state index in [1.54, 1.807) is 0 Å². The van der Waals surface area contributed by atoms with Gasteiger partial charge < -0.3 is 0 Å². The van der Waals surface area contributed by atoms with Gasteiger partial charge in [-0.2, -0.15) is 5.26 Å². The standard InChI is InChI=1S/C27H39N/c1-3-5-6-8-22-17-18-26(19-27(22)20-28)25-15-13-24(14-16-25)23-11-9-21(7-4-2)10-12-23/h13-16,19,21-23,26H,3-12,17-18H2,1-2H3. The molecular weight excluding hydrogens is 338 g/mol. The number of nitrogens with zero attached hydrogens (tertiary/aromatic N) is 1. The second kappa shape index (κ2) is 10.8. The lowest BCUT2D eigenvalue weighted by atomic mass is 9.76. The Kier molecular flexibility index (Phi) is 8.20. The van der Waals surface area contributed by atoms with Crippen LogP contribution in [-0.4, -0.2) is 0 Å². The summed E-state index contributed by atoms with van der Waals surface area (Å²) in [5.41, 5.74) is 3.99. The number of nitriles is 1. The molecule has 1 heteroatoms. The molecule has 0 saturated heterocycles. The summed E-state index contributed by atoms with van der Waals surface area (Å²) in [6.07, 6.45) is 18.0. The van der Waals surface area contributed by atoms with Crippen LogP contribution in [0.4, 0.5) is 0 Å². The monoisotopic (exact) mass is 377 g/mol. The molecule has 0 aliphatic heterocycles. The highest BCUT2D eigenvalue weighted by Gasteiger charge is 2.25. The molecule has 28 heavy (non-hydrogen) atoms. The Morgan fingerprint density at radius 1 is 0.821 bits per heavy atom. The lowest BCUT2D eigenvalue weighted by Gasteiger charge is -2.29. The van der Waals surface area contributed by atoms with Crippen molar-refractivity contribution in [3.05, 3.63) is 47.0 Å². The Morgan fingerprint density at radius 3 is 2.18 bits per heavy atom. The zero-order valence-electron chi connectivity index (χ0n) is 18.1. The molecular formula is C27H39N. The SMILES string of the molecule is CCCCCC1CCC(c2ccc(C3CCC(CCC)CC3)cc2)C=C1C#N. The fraction of sp³-hybridized carbons (Fsp3) is 0.667. The van der Waals surface area contributed by atoms with Gasteiger partial charge in [-0.25, -0.2) is 0 Å².